The number of carbonyl (C=O) groups is 1. The summed E-state index contributed by atoms with van der Waals surface area (Å²) in [4.78, 5) is 18.1. The molecule has 30 heavy (non-hydrogen) atoms. The van der Waals surface area contributed by atoms with Gasteiger partial charge >= 0.3 is 5.97 Å². The first-order valence-electron chi connectivity index (χ1n) is 8.96. The predicted molar refractivity (Wildman–Crippen MR) is 118 cm³/mol. The smallest absolute Gasteiger partial charge is 0.348 e. The highest BCUT2D eigenvalue weighted by atomic mass is 35.5. The van der Waals surface area contributed by atoms with Crippen LogP contribution in [-0.2, 0) is 17.7 Å². The summed E-state index contributed by atoms with van der Waals surface area (Å²) in [6, 6.07) is 8.83. The van der Waals surface area contributed by atoms with Gasteiger partial charge in [-0.15, -0.1) is 11.3 Å². The topological polar surface area (TPSA) is 83.7 Å². The molecule has 0 amide bonds. The van der Waals surface area contributed by atoms with Crippen LogP contribution in [0.5, 0.6) is 11.5 Å². The monoisotopic (exact) mass is 466 g/mol. The van der Waals surface area contributed by atoms with Crippen LogP contribution < -0.4 is 15.2 Å². The highest BCUT2D eigenvalue weighted by Crippen LogP contribution is 2.35. The van der Waals surface area contributed by atoms with Crippen LogP contribution in [0.3, 0.4) is 0 Å². The molecule has 0 unspecified atom stereocenters. The van der Waals surface area contributed by atoms with Crippen LogP contribution >= 0.6 is 34.5 Å². The Kier molecular flexibility index (Phi) is 7.55. The SMILES string of the molecule is COc1ccc([C@H](Cc2c(Cl)cncc2Cl)OC(=O)c2ccc(CN)s2)cc1OC. The average molecular weight is 467 g/mol. The first-order chi connectivity index (χ1) is 14.5. The van der Waals surface area contributed by atoms with Gasteiger partial charge in [-0.1, -0.05) is 29.3 Å². The van der Waals surface area contributed by atoms with E-state index >= 15 is 0 Å². The van der Waals surface area contributed by atoms with Crippen LogP contribution in [0.2, 0.25) is 10.0 Å². The van der Waals surface area contributed by atoms with Crippen molar-refractivity contribution in [1.29, 1.82) is 0 Å². The Hall–Kier alpha value is -2.32. The number of rotatable bonds is 8. The number of pyridine rings is 1. The number of thiophene rings is 1. The molecular weight excluding hydrogens is 447 g/mol. The van der Waals surface area contributed by atoms with E-state index in [1.165, 1.54) is 23.7 Å². The zero-order valence-electron chi connectivity index (χ0n) is 16.4. The second-order valence-electron chi connectivity index (χ2n) is 6.26. The van der Waals surface area contributed by atoms with Crippen molar-refractivity contribution in [3.05, 3.63) is 73.7 Å². The molecule has 0 saturated heterocycles. The molecule has 3 aromatic rings. The zero-order chi connectivity index (χ0) is 21.7. The van der Waals surface area contributed by atoms with Crippen molar-refractivity contribution in [3.63, 3.8) is 0 Å². The van der Waals surface area contributed by atoms with Crippen LogP contribution in [0.1, 0.15) is 31.8 Å². The Morgan fingerprint density at radius 3 is 2.40 bits per heavy atom. The number of benzene rings is 1. The Morgan fingerprint density at radius 2 is 1.80 bits per heavy atom. The van der Waals surface area contributed by atoms with Gasteiger partial charge in [-0.3, -0.25) is 4.98 Å². The van der Waals surface area contributed by atoms with E-state index in [-0.39, 0.29) is 6.42 Å². The number of esters is 1. The van der Waals surface area contributed by atoms with Crippen molar-refractivity contribution >= 4 is 40.5 Å². The number of halogens is 2. The van der Waals surface area contributed by atoms with Gasteiger partial charge in [-0.25, -0.2) is 4.79 Å². The van der Waals surface area contributed by atoms with Crippen molar-refractivity contribution in [2.24, 2.45) is 5.73 Å². The van der Waals surface area contributed by atoms with Gasteiger partial charge in [0, 0.05) is 30.2 Å². The van der Waals surface area contributed by atoms with E-state index in [1.807, 2.05) is 12.1 Å². The number of hydrogen-bond acceptors (Lipinski definition) is 7. The molecule has 0 fully saturated rings. The van der Waals surface area contributed by atoms with Crippen LogP contribution in [0, 0.1) is 0 Å². The van der Waals surface area contributed by atoms with Crippen molar-refractivity contribution in [3.8, 4) is 11.5 Å². The van der Waals surface area contributed by atoms with E-state index in [1.54, 1.807) is 32.4 Å². The molecule has 9 heteroatoms. The van der Waals surface area contributed by atoms with E-state index in [4.69, 9.17) is 43.1 Å². The lowest BCUT2D eigenvalue weighted by atomic mass is 10.0. The molecule has 0 aliphatic carbocycles. The number of ether oxygens (including phenoxy) is 3. The number of hydrogen-bond donors (Lipinski definition) is 1. The summed E-state index contributed by atoms with van der Waals surface area (Å²) >= 11 is 13.9. The van der Waals surface area contributed by atoms with E-state index in [0.29, 0.717) is 44.1 Å². The fraction of sp³-hybridized carbons (Fsp3) is 0.238. The van der Waals surface area contributed by atoms with E-state index in [2.05, 4.69) is 4.98 Å². The number of nitrogens with zero attached hydrogens (tertiary/aromatic N) is 1. The van der Waals surface area contributed by atoms with Gasteiger partial charge in [0.05, 0.1) is 24.3 Å². The highest BCUT2D eigenvalue weighted by molar-refractivity contribution is 7.13. The summed E-state index contributed by atoms with van der Waals surface area (Å²) < 4.78 is 16.6. The molecular formula is C21H20Cl2N2O4S. The van der Waals surface area contributed by atoms with Crippen molar-refractivity contribution < 1.29 is 19.0 Å². The van der Waals surface area contributed by atoms with Crippen LogP contribution in [0.15, 0.2) is 42.7 Å². The number of nitrogens with two attached hydrogens (primary N) is 1. The van der Waals surface area contributed by atoms with Gasteiger partial charge in [-0.05, 0) is 35.4 Å². The van der Waals surface area contributed by atoms with Crippen LogP contribution in [0.4, 0.5) is 0 Å². The lowest BCUT2D eigenvalue weighted by Gasteiger charge is -2.20. The van der Waals surface area contributed by atoms with Gasteiger partial charge in [0.1, 0.15) is 11.0 Å². The third-order valence-corrected chi connectivity index (χ3v) is 6.17. The molecule has 0 aliphatic rings. The van der Waals surface area contributed by atoms with Crippen LogP contribution in [-0.4, -0.2) is 25.2 Å². The largest absolute Gasteiger partial charge is 0.493 e. The first-order valence-corrected chi connectivity index (χ1v) is 10.5. The average Bonchev–Trinajstić information content (AvgIpc) is 3.24. The maximum absolute atomic E-state index is 12.8. The second-order valence-corrected chi connectivity index (χ2v) is 8.25. The van der Waals surface area contributed by atoms with Gasteiger partial charge in [0.15, 0.2) is 11.5 Å². The predicted octanol–water partition coefficient (Wildman–Crippen LogP) is 5.07. The summed E-state index contributed by atoms with van der Waals surface area (Å²) in [5, 5.41) is 0.788. The minimum Gasteiger partial charge on any atom is -0.493 e. The maximum atomic E-state index is 12.8. The second kappa shape index (κ2) is 10.1. The fourth-order valence-electron chi connectivity index (χ4n) is 2.88. The summed E-state index contributed by atoms with van der Waals surface area (Å²) in [6.07, 6.45) is 2.60. The minimum absolute atomic E-state index is 0.260. The van der Waals surface area contributed by atoms with Gasteiger partial charge < -0.3 is 19.9 Å². The summed E-state index contributed by atoms with van der Waals surface area (Å²) in [5.74, 6) is 0.627. The van der Waals surface area contributed by atoms with Crippen molar-refractivity contribution in [2.45, 2.75) is 19.1 Å². The fourth-order valence-corrected chi connectivity index (χ4v) is 4.17. The summed E-state index contributed by atoms with van der Waals surface area (Å²) in [5.41, 5.74) is 6.99. The molecule has 0 bridgehead atoms. The normalized spacial score (nSPS) is 11.8. The summed E-state index contributed by atoms with van der Waals surface area (Å²) in [6.45, 7) is 0.360. The van der Waals surface area contributed by atoms with Gasteiger partial charge in [0.25, 0.3) is 0 Å². The lowest BCUT2D eigenvalue weighted by Crippen LogP contribution is -2.14. The molecule has 0 radical (unpaired) electrons. The highest BCUT2D eigenvalue weighted by Gasteiger charge is 2.23. The molecule has 6 nitrogen and oxygen atoms in total. The van der Waals surface area contributed by atoms with E-state index in [9.17, 15) is 4.79 Å². The van der Waals surface area contributed by atoms with E-state index in [0.717, 1.165) is 4.88 Å². The minimum atomic E-state index is -0.668. The molecule has 2 N–H and O–H groups in total. The Balaban J connectivity index is 1.96. The third kappa shape index (κ3) is 5.05. The van der Waals surface area contributed by atoms with Crippen molar-refractivity contribution in [2.75, 3.05) is 14.2 Å². The molecule has 1 atom stereocenters. The van der Waals surface area contributed by atoms with E-state index < -0.39 is 12.1 Å². The Morgan fingerprint density at radius 1 is 1.10 bits per heavy atom. The van der Waals surface area contributed by atoms with Gasteiger partial charge in [-0.2, -0.15) is 0 Å². The lowest BCUT2D eigenvalue weighted by molar-refractivity contribution is 0.0303. The first kappa shape index (κ1) is 22.4. The number of methoxy groups -OCH3 is 2. The molecule has 2 heterocycles. The van der Waals surface area contributed by atoms with Gasteiger partial charge in [0.2, 0.25) is 0 Å². The Bertz CT molecular complexity index is 1020. The number of carbonyl (C=O) groups excluding carboxylic acids is 1. The molecule has 2 aromatic heterocycles. The third-order valence-electron chi connectivity index (χ3n) is 4.43. The Labute approximate surface area is 188 Å². The standard InChI is InChI=1S/C21H20Cl2N2O4S/c1-27-17-5-3-12(7-19(17)28-2)18(8-14-15(22)10-25-11-16(14)23)29-21(26)20-6-4-13(9-24)30-20/h3-7,10-11,18H,8-9,24H2,1-2H3/t18-/m0/s1. The molecule has 0 spiro atoms. The van der Waals surface area contributed by atoms with Crippen LogP contribution in [0.25, 0.3) is 0 Å². The molecule has 0 saturated carbocycles. The summed E-state index contributed by atoms with van der Waals surface area (Å²) in [7, 11) is 3.09. The quantitative estimate of drug-likeness (QED) is 0.466. The molecule has 0 aliphatic heterocycles. The number of aromatic nitrogens is 1. The maximum Gasteiger partial charge on any atom is 0.348 e. The van der Waals surface area contributed by atoms with Crippen molar-refractivity contribution in [1.82, 2.24) is 4.98 Å². The zero-order valence-corrected chi connectivity index (χ0v) is 18.7. The molecule has 1 aromatic carbocycles. The molecule has 3 rings (SSSR count). The molecule has 158 valence electrons.